The first kappa shape index (κ1) is 18.5. The van der Waals surface area contributed by atoms with Crippen LogP contribution in [0.1, 0.15) is 66.2 Å². The number of rotatable bonds is 6. The van der Waals surface area contributed by atoms with Crippen molar-refractivity contribution in [2.45, 2.75) is 52.5 Å². The molecule has 1 saturated heterocycles. The van der Waals surface area contributed by atoms with E-state index in [1.54, 1.807) is 11.8 Å². The minimum Gasteiger partial charge on any atom is -0.475 e. The van der Waals surface area contributed by atoms with Crippen molar-refractivity contribution in [1.82, 2.24) is 9.80 Å². The molecule has 134 valence electrons. The van der Waals surface area contributed by atoms with E-state index < -0.39 is 5.97 Å². The number of amides is 1. The second kappa shape index (κ2) is 8.33. The van der Waals surface area contributed by atoms with Gasteiger partial charge in [-0.05, 0) is 52.8 Å². The van der Waals surface area contributed by atoms with Crippen LogP contribution in [0.15, 0.2) is 10.5 Å². The van der Waals surface area contributed by atoms with E-state index in [1.165, 1.54) is 31.7 Å². The molecule has 1 amide bonds. The molecule has 24 heavy (non-hydrogen) atoms. The molecule has 1 aromatic rings. The Balaban J connectivity index is 2.04. The zero-order valence-electron chi connectivity index (χ0n) is 14.9. The topological polar surface area (TPSA) is 74.0 Å². The lowest BCUT2D eigenvalue weighted by Gasteiger charge is -2.29. The van der Waals surface area contributed by atoms with E-state index in [9.17, 15) is 9.59 Å². The number of likely N-dealkylation sites (tertiary alicyclic amines) is 1. The van der Waals surface area contributed by atoms with Crippen LogP contribution in [0.25, 0.3) is 0 Å². The summed E-state index contributed by atoms with van der Waals surface area (Å²) in [5.74, 6) is -1.44. The highest BCUT2D eigenvalue weighted by Gasteiger charge is 2.25. The fourth-order valence-electron chi connectivity index (χ4n) is 3.14. The van der Waals surface area contributed by atoms with Crippen molar-refractivity contribution in [3.05, 3.63) is 23.2 Å². The molecular formula is C18H28N2O4. The van der Waals surface area contributed by atoms with Gasteiger partial charge in [-0.3, -0.25) is 4.79 Å². The fourth-order valence-corrected chi connectivity index (χ4v) is 3.14. The Kier molecular flexibility index (Phi) is 6.43. The lowest BCUT2D eigenvalue weighted by Crippen LogP contribution is -2.42. The number of carboxylic acid groups (broad SMARTS) is 1. The molecule has 1 fully saturated rings. The lowest BCUT2D eigenvalue weighted by molar-refractivity contribution is 0.0624. The summed E-state index contributed by atoms with van der Waals surface area (Å²) in [5, 5.41) is 9.08. The molecule has 0 bridgehead atoms. The average Bonchev–Trinajstić information content (AvgIpc) is 2.74. The maximum Gasteiger partial charge on any atom is 0.372 e. The minimum absolute atomic E-state index is 0.0307. The highest BCUT2D eigenvalue weighted by molar-refractivity contribution is 5.94. The van der Waals surface area contributed by atoms with Crippen LogP contribution in [0.2, 0.25) is 0 Å². The van der Waals surface area contributed by atoms with Gasteiger partial charge in [0, 0.05) is 24.7 Å². The molecule has 6 nitrogen and oxygen atoms in total. The highest BCUT2D eigenvalue weighted by atomic mass is 16.4. The van der Waals surface area contributed by atoms with Crippen LogP contribution in [0.3, 0.4) is 0 Å². The normalized spacial score (nSPS) is 16.2. The van der Waals surface area contributed by atoms with Gasteiger partial charge in [0.25, 0.3) is 5.91 Å². The van der Waals surface area contributed by atoms with Gasteiger partial charge in [-0.25, -0.2) is 4.79 Å². The Hall–Kier alpha value is -1.82. The van der Waals surface area contributed by atoms with Crippen molar-refractivity contribution in [3.8, 4) is 0 Å². The molecule has 0 unspecified atom stereocenters. The van der Waals surface area contributed by atoms with Gasteiger partial charge < -0.3 is 19.3 Å². The Morgan fingerprint density at radius 1 is 1.25 bits per heavy atom. The van der Waals surface area contributed by atoms with Gasteiger partial charge >= 0.3 is 5.97 Å². The summed E-state index contributed by atoms with van der Waals surface area (Å²) in [6, 6.07) is 1.55. The molecular weight excluding hydrogens is 308 g/mol. The molecule has 2 rings (SSSR count). The minimum atomic E-state index is -1.15. The largest absolute Gasteiger partial charge is 0.475 e. The molecule has 1 aromatic heterocycles. The summed E-state index contributed by atoms with van der Waals surface area (Å²) < 4.78 is 5.28. The Bertz CT molecular complexity index is 572. The number of carboxylic acids is 1. The van der Waals surface area contributed by atoms with Crippen molar-refractivity contribution in [1.29, 1.82) is 0 Å². The molecule has 1 aliphatic heterocycles. The predicted molar refractivity (Wildman–Crippen MR) is 91.5 cm³/mol. The Morgan fingerprint density at radius 2 is 1.88 bits per heavy atom. The second-order valence-electron chi connectivity index (χ2n) is 6.78. The second-order valence-corrected chi connectivity index (χ2v) is 6.78. The van der Waals surface area contributed by atoms with Crippen LogP contribution in [-0.4, -0.2) is 59.0 Å². The molecule has 1 N–H and O–H groups in total. The van der Waals surface area contributed by atoms with E-state index in [0.29, 0.717) is 12.1 Å². The molecule has 0 aromatic carbocycles. The van der Waals surface area contributed by atoms with E-state index in [-0.39, 0.29) is 23.5 Å². The van der Waals surface area contributed by atoms with E-state index in [2.05, 4.69) is 4.90 Å². The molecule has 0 spiro atoms. The molecule has 0 saturated carbocycles. The number of nitrogens with zero attached hydrogens (tertiary/aromatic N) is 2. The summed E-state index contributed by atoms with van der Waals surface area (Å²) >= 11 is 0. The summed E-state index contributed by atoms with van der Waals surface area (Å²) in [4.78, 5) is 28.0. The predicted octanol–water partition coefficient (Wildman–Crippen LogP) is 3.01. The molecule has 2 heterocycles. The van der Waals surface area contributed by atoms with Crippen LogP contribution >= 0.6 is 0 Å². The Labute approximate surface area is 143 Å². The van der Waals surface area contributed by atoms with Gasteiger partial charge in [-0.1, -0.05) is 12.8 Å². The average molecular weight is 336 g/mol. The third-order valence-corrected chi connectivity index (χ3v) is 4.56. The smallest absolute Gasteiger partial charge is 0.372 e. The zero-order valence-corrected chi connectivity index (χ0v) is 14.9. The standard InChI is InChI=1S/C18H28N2O4/c1-13(2)20(11-10-19-8-6-4-5-7-9-19)17(21)15-12-14(3)16(24-15)18(22)23/h12-13H,4-11H2,1-3H3,(H,22,23). The van der Waals surface area contributed by atoms with Crippen molar-refractivity contribution in [2.24, 2.45) is 0 Å². The maximum absolute atomic E-state index is 12.7. The summed E-state index contributed by atoms with van der Waals surface area (Å²) in [6.07, 6.45) is 5.00. The van der Waals surface area contributed by atoms with Gasteiger partial charge in [0.05, 0.1) is 0 Å². The van der Waals surface area contributed by atoms with Gasteiger partial charge in [0.2, 0.25) is 5.76 Å². The zero-order chi connectivity index (χ0) is 17.7. The number of carbonyl (C=O) groups is 2. The van der Waals surface area contributed by atoms with Gasteiger partial charge in [0.15, 0.2) is 5.76 Å². The lowest BCUT2D eigenvalue weighted by atomic mass is 10.2. The first-order valence-electron chi connectivity index (χ1n) is 8.77. The van der Waals surface area contributed by atoms with E-state index >= 15 is 0 Å². The number of carbonyl (C=O) groups excluding carboxylic acids is 1. The molecule has 0 aliphatic carbocycles. The van der Waals surface area contributed by atoms with Crippen molar-refractivity contribution in [2.75, 3.05) is 26.2 Å². The van der Waals surface area contributed by atoms with Crippen LogP contribution in [-0.2, 0) is 0 Å². The highest BCUT2D eigenvalue weighted by Crippen LogP contribution is 2.18. The fraction of sp³-hybridized carbons (Fsp3) is 0.667. The van der Waals surface area contributed by atoms with E-state index in [4.69, 9.17) is 9.52 Å². The first-order valence-corrected chi connectivity index (χ1v) is 8.77. The summed E-state index contributed by atoms with van der Waals surface area (Å²) in [5.41, 5.74) is 0.474. The van der Waals surface area contributed by atoms with Crippen molar-refractivity contribution >= 4 is 11.9 Å². The monoisotopic (exact) mass is 336 g/mol. The SMILES string of the molecule is Cc1cc(C(=O)N(CCN2CCCCCC2)C(C)C)oc1C(=O)O. The molecule has 6 heteroatoms. The van der Waals surface area contributed by atoms with Crippen molar-refractivity contribution in [3.63, 3.8) is 0 Å². The third kappa shape index (κ3) is 4.60. The van der Waals surface area contributed by atoms with Crippen LogP contribution in [0.4, 0.5) is 0 Å². The molecule has 0 radical (unpaired) electrons. The molecule has 1 aliphatic rings. The van der Waals surface area contributed by atoms with E-state index in [0.717, 1.165) is 19.6 Å². The quantitative estimate of drug-likeness (QED) is 0.864. The van der Waals surface area contributed by atoms with Crippen LogP contribution in [0.5, 0.6) is 0 Å². The van der Waals surface area contributed by atoms with Gasteiger partial charge in [-0.2, -0.15) is 0 Å². The number of furan rings is 1. The first-order chi connectivity index (χ1) is 11.4. The summed E-state index contributed by atoms with van der Waals surface area (Å²) in [7, 11) is 0. The number of aryl methyl sites for hydroxylation is 1. The summed E-state index contributed by atoms with van der Waals surface area (Å²) in [6.45, 7) is 9.21. The molecule has 0 atom stereocenters. The van der Waals surface area contributed by atoms with Crippen LogP contribution < -0.4 is 0 Å². The van der Waals surface area contributed by atoms with Crippen LogP contribution in [0, 0.1) is 6.92 Å². The number of aromatic carboxylic acids is 1. The van der Waals surface area contributed by atoms with E-state index in [1.807, 2.05) is 13.8 Å². The third-order valence-electron chi connectivity index (χ3n) is 4.56. The number of hydrogen-bond acceptors (Lipinski definition) is 4. The van der Waals surface area contributed by atoms with Crippen molar-refractivity contribution < 1.29 is 19.1 Å². The number of hydrogen-bond donors (Lipinski definition) is 1. The maximum atomic E-state index is 12.7. The Morgan fingerprint density at radius 3 is 2.38 bits per heavy atom. The van der Waals surface area contributed by atoms with Gasteiger partial charge in [-0.15, -0.1) is 0 Å². The van der Waals surface area contributed by atoms with Gasteiger partial charge in [0.1, 0.15) is 0 Å².